The molecule has 0 aliphatic rings. The van der Waals surface area contributed by atoms with Crippen molar-refractivity contribution >= 4 is 39.1 Å². The molecule has 142 valence electrons. The van der Waals surface area contributed by atoms with Gasteiger partial charge in [0.05, 0.1) is 5.39 Å². The summed E-state index contributed by atoms with van der Waals surface area (Å²) in [5.74, 6) is 0.393. The Morgan fingerprint density at radius 1 is 1.32 bits per heavy atom. The number of carbonyl (C=O) groups is 1. The first-order valence-corrected chi connectivity index (χ1v) is 9.37. The zero-order valence-electron chi connectivity index (χ0n) is 14.8. The highest BCUT2D eigenvalue weighted by atomic mass is 35.5. The Kier molecular flexibility index (Phi) is 4.70. The predicted molar refractivity (Wildman–Crippen MR) is 104 cm³/mol. The zero-order chi connectivity index (χ0) is 19.8. The molecule has 0 amide bonds. The monoisotopic (exact) mass is 416 g/mol. The Labute approximate surface area is 167 Å². The molecule has 10 heteroatoms. The van der Waals surface area contributed by atoms with Crippen molar-refractivity contribution in [2.75, 3.05) is 0 Å². The van der Waals surface area contributed by atoms with E-state index in [2.05, 4.69) is 20.1 Å². The molecule has 0 atom stereocenters. The van der Waals surface area contributed by atoms with Crippen LogP contribution in [-0.4, -0.2) is 26.1 Å². The van der Waals surface area contributed by atoms with E-state index in [9.17, 15) is 9.59 Å². The molecule has 0 fully saturated rings. The fourth-order valence-electron chi connectivity index (χ4n) is 2.70. The van der Waals surface area contributed by atoms with Crippen LogP contribution >= 0.6 is 22.9 Å². The van der Waals surface area contributed by atoms with E-state index in [0.717, 1.165) is 11.3 Å². The molecule has 3 heterocycles. The molecule has 3 aromatic heterocycles. The van der Waals surface area contributed by atoms with Gasteiger partial charge in [-0.1, -0.05) is 28.9 Å². The van der Waals surface area contributed by atoms with E-state index in [-0.39, 0.29) is 18.1 Å². The van der Waals surface area contributed by atoms with Crippen molar-refractivity contribution in [3.05, 3.63) is 61.8 Å². The molecule has 0 spiro atoms. The number of esters is 1. The molecule has 0 radical (unpaired) electrons. The van der Waals surface area contributed by atoms with Crippen LogP contribution in [0.2, 0.25) is 5.02 Å². The van der Waals surface area contributed by atoms with Gasteiger partial charge < -0.3 is 14.2 Å². The van der Waals surface area contributed by atoms with Crippen LogP contribution in [-0.2, 0) is 11.3 Å². The molecule has 8 nitrogen and oxygen atoms in total. The Bertz CT molecular complexity index is 1260. The minimum Gasteiger partial charge on any atom is -0.451 e. The summed E-state index contributed by atoms with van der Waals surface area (Å²) in [5.41, 5.74) is 0.942. The summed E-state index contributed by atoms with van der Waals surface area (Å²) >= 11 is 7.07. The van der Waals surface area contributed by atoms with Crippen LogP contribution in [0.1, 0.15) is 27.0 Å². The maximum absolute atomic E-state index is 12.5. The number of aromatic nitrogens is 4. The molecular weight excluding hydrogens is 404 g/mol. The smallest absolute Gasteiger partial charge is 0.349 e. The number of rotatable bonds is 4. The van der Waals surface area contributed by atoms with Crippen molar-refractivity contribution in [3.63, 3.8) is 0 Å². The summed E-state index contributed by atoms with van der Waals surface area (Å²) in [6.07, 6.45) is 0. The van der Waals surface area contributed by atoms with E-state index in [1.54, 1.807) is 38.1 Å². The lowest BCUT2D eigenvalue weighted by Crippen LogP contribution is -2.10. The van der Waals surface area contributed by atoms with Gasteiger partial charge in [-0.25, -0.2) is 9.78 Å². The number of nitrogens with one attached hydrogen (secondary N) is 1. The van der Waals surface area contributed by atoms with Gasteiger partial charge in [0.1, 0.15) is 15.5 Å². The number of aryl methyl sites for hydroxylation is 2. The highest BCUT2D eigenvalue weighted by Gasteiger charge is 2.21. The minimum absolute atomic E-state index is 0.147. The summed E-state index contributed by atoms with van der Waals surface area (Å²) < 4.78 is 10.4. The molecule has 0 bridgehead atoms. The Balaban J connectivity index is 1.52. The van der Waals surface area contributed by atoms with Crippen molar-refractivity contribution in [1.29, 1.82) is 0 Å². The zero-order valence-corrected chi connectivity index (χ0v) is 16.3. The van der Waals surface area contributed by atoms with Crippen LogP contribution in [0.4, 0.5) is 0 Å². The summed E-state index contributed by atoms with van der Waals surface area (Å²) in [7, 11) is 0. The normalized spacial score (nSPS) is 11.1. The largest absolute Gasteiger partial charge is 0.451 e. The summed E-state index contributed by atoms with van der Waals surface area (Å²) in [5, 5.41) is 4.81. The van der Waals surface area contributed by atoms with E-state index in [4.69, 9.17) is 20.9 Å². The summed E-state index contributed by atoms with van der Waals surface area (Å²) in [6.45, 7) is 3.18. The third-order valence-electron chi connectivity index (χ3n) is 3.98. The standard InChI is InChI=1S/C18H13ClN4O4S/c1-8-13-16(24)20-9(2)21-17(13)28-14(8)18(25)26-7-12-22-15(23-27-12)10-4-3-5-11(19)6-10/h3-6H,7H2,1-2H3,(H,20,21,24). The molecule has 0 saturated carbocycles. The number of halogens is 1. The van der Waals surface area contributed by atoms with Crippen molar-refractivity contribution in [3.8, 4) is 11.4 Å². The summed E-state index contributed by atoms with van der Waals surface area (Å²) in [4.78, 5) is 36.5. The van der Waals surface area contributed by atoms with Gasteiger partial charge in [-0.05, 0) is 31.5 Å². The maximum Gasteiger partial charge on any atom is 0.349 e. The number of aromatic amines is 1. The van der Waals surface area contributed by atoms with Gasteiger partial charge in [0.25, 0.3) is 11.4 Å². The number of carbonyl (C=O) groups excluding carboxylic acids is 1. The third-order valence-corrected chi connectivity index (χ3v) is 5.38. The topological polar surface area (TPSA) is 111 Å². The molecule has 0 unspecified atom stereocenters. The first-order chi connectivity index (χ1) is 13.4. The van der Waals surface area contributed by atoms with Crippen LogP contribution in [0.3, 0.4) is 0 Å². The number of benzene rings is 1. The first kappa shape index (κ1) is 18.3. The van der Waals surface area contributed by atoms with Crippen LogP contribution in [0.5, 0.6) is 0 Å². The Morgan fingerprint density at radius 3 is 2.93 bits per heavy atom. The number of hydrogen-bond acceptors (Lipinski definition) is 8. The Morgan fingerprint density at radius 2 is 2.14 bits per heavy atom. The number of fused-ring (bicyclic) bond motifs is 1. The highest BCUT2D eigenvalue weighted by molar-refractivity contribution is 7.20. The third kappa shape index (κ3) is 3.41. The number of H-pyrrole nitrogens is 1. The first-order valence-electron chi connectivity index (χ1n) is 8.18. The second-order valence-electron chi connectivity index (χ2n) is 5.99. The van der Waals surface area contributed by atoms with Crippen LogP contribution < -0.4 is 5.56 Å². The van der Waals surface area contributed by atoms with Crippen LogP contribution in [0, 0.1) is 13.8 Å². The fourth-order valence-corrected chi connectivity index (χ4v) is 4.01. The van der Waals surface area contributed by atoms with Crippen molar-refractivity contribution in [1.82, 2.24) is 20.1 Å². The lowest BCUT2D eigenvalue weighted by molar-refractivity contribution is 0.0435. The van der Waals surface area contributed by atoms with Crippen molar-refractivity contribution in [2.45, 2.75) is 20.5 Å². The SMILES string of the molecule is Cc1nc2sc(C(=O)OCc3nc(-c4cccc(Cl)c4)no3)c(C)c2c(=O)[nH]1. The Hall–Kier alpha value is -3.04. The van der Waals surface area contributed by atoms with Crippen LogP contribution in [0.25, 0.3) is 21.6 Å². The second-order valence-corrected chi connectivity index (χ2v) is 7.42. The molecule has 0 aliphatic carbocycles. The molecule has 1 aromatic carbocycles. The van der Waals surface area contributed by atoms with Gasteiger partial charge in [-0.2, -0.15) is 4.98 Å². The molecule has 0 saturated heterocycles. The van der Waals surface area contributed by atoms with E-state index < -0.39 is 5.97 Å². The van der Waals surface area contributed by atoms with E-state index in [0.29, 0.717) is 42.9 Å². The number of hydrogen-bond donors (Lipinski definition) is 1. The highest BCUT2D eigenvalue weighted by Crippen LogP contribution is 2.28. The van der Waals surface area contributed by atoms with Gasteiger partial charge >= 0.3 is 5.97 Å². The molecular formula is C18H13ClN4O4S. The van der Waals surface area contributed by atoms with Gasteiger partial charge in [-0.15, -0.1) is 11.3 Å². The quantitative estimate of drug-likeness (QED) is 0.505. The summed E-state index contributed by atoms with van der Waals surface area (Å²) in [6, 6.07) is 7.01. The van der Waals surface area contributed by atoms with Crippen LogP contribution in [0.15, 0.2) is 33.6 Å². The lowest BCUT2D eigenvalue weighted by atomic mass is 10.2. The second kappa shape index (κ2) is 7.17. The molecule has 4 rings (SSSR count). The molecule has 0 aliphatic heterocycles. The molecule has 28 heavy (non-hydrogen) atoms. The number of nitrogens with zero attached hydrogens (tertiary/aromatic N) is 3. The number of thiophene rings is 1. The van der Waals surface area contributed by atoms with Gasteiger partial charge in [0.2, 0.25) is 5.82 Å². The van der Waals surface area contributed by atoms with Gasteiger partial charge in [0.15, 0.2) is 6.61 Å². The average Bonchev–Trinajstić information content (AvgIpc) is 3.24. The van der Waals surface area contributed by atoms with Crippen molar-refractivity contribution < 1.29 is 14.1 Å². The minimum atomic E-state index is -0.583. The molecule has 1 N–H and O–H groups in total. The average molecular weight is 417 g/mol. The fraction of sp³-hybridized carbons (Fsp3) is 0.167. The maximum atomic E-state index is 12.5. The number of ether oxygens (including phenoxy) is 1. The van der Waals surface area contributed by atoms with Crippen molar-refractivity contribution in [2.24, 2.45) is 0 Å². The van der Waals surface area contributed by atoms with Gasteiger partial charge in [-0.3, -0.25) is 4.79 Å². The van der Waals surface area contributed by atoms with Gasteiger partial charge in [0, 0.05) is 10.6 Å². The van der Waals surface area contributed by atoms with E-state index >= 15 is 0 Å². The predicted octanol–water partition coefficient (Wildman–Crippen LogP) is 3.66. The molecule has 4 aromatic rings. The van der Waals surface area contributed by atoms with E-state index in [1.165, 1.54) is 0 Å². The van der Waals surface area contributed by atoms with E-state index in [1.807, 2.05) is 0 Å². The lowest BCUT2D eigenvalue weighted by Gasteiger charge is -2.00.